The van der Waals surface area contributed by atoms with Crippen molar-refractivity contribution in [2.75, 3.05) is 19.8 Å². The second-order valence-corrected chi connectivity index (χ2v) is 6.48. The Morgan fingerprint density at radius 3 is 2.55 bits per heavy atom. The summed E-state index contributed by atoms with van der Waals surface area (Å²) in [6.07, 6.45) is 7.06. The van der Waals surface area contributed by atoms with Gasteiger partial charge in [-0.3, -0.25) is 0 Å². The number of nitrogens with zero attached hydrogens (tertiary/aromatic N) is 2. The number of piperidine rings is 1. The summed E-state index contributed by atoms with van der Waals surface area (Å²) in [7, 11) is 4.34. The summed E-state index contributed by atoms with van der Waals surface area (Å²) in [5, 5.41) is 3.51. The van der Waals surface area contributed by atoms with Crippen molar-refractivity contribution in [2.45, 2.75) is 50.7 Å². The smallest absolute Gasteiger partial charge is 0.128 e. The highest BCUT2D eigenvalue weighted by Crippen LogP contribution is 2.43. The zero-order chi connectivity index (χ0) is 14.3. The predicted octanol–water partition coefficient (Wildman–Crippen LogP) is 2.11. The van der Waals surface area contributed by atoms with E-state index >= 15 is 0 Å². The van der Waals surface area contributed by atoms with Crippen molar-refractivity contribution in [3.63, 3.8) is 0 Å². The van der Waals surface area contributed by atoms with E-state index in [2.05, 4.69) is 42.3 Å². The molecular formula is C16H26N4. The van der Waals surface area contributed by atoms with E-state index in [1.54, 1.807) is 6.20 Å². The number of rotatable bonds is 3. The van der Waals surface area contributed by atoms with Crippen LogP contribution in [0.3, 0.4) is 0 Å². The third kappa shape index (κ3) is 2.21. The van der Waals surface area contributed by atoms with E-state index in [1.807, 2.05) is 0 Å². The van der Waals surface area contributed by atoms with Crippen LogP contribution >= 0.6 is 0 Å². The standard InChI is InChI=1S/C16H26N4/c1-10-6-7-19-16(17)14(10)15(18-2)11-8-12-4-5-13(9-11)20(12)3/h6-7,11-13,15,18H,4-5,8-9H2,1-3H3,(H2,17,19). The average Bonchev–Trinajstić information content (AvgIpc) is 2.65. The van der Waals surface area contributed by atoms with E-state index in [9.17, 15) is 0 Å². The Hall–Kier alpha value is -1.13. The summed E-state index contributed by atoms with van der Waals surface area (Å²) < 4.78 is 0. The van der Waals surface area contributed by atoms with Gasteiger partial charge in [0, 0.05) is 29.9 Å². The Bertz CT molecular complexity index is 453. The molecule has 0 amide bonds. The normalized spacial score (nSPS) is 31.4. The Kier molecular flexibility index (Phi) is 3.69. The van der Waals surface area contributed by atoms with Crippen molar-refractivity contribution < 1.29 is 0 Å². The molecule has 4 nitrogen and oxygen atoms in total. The quantitative estimate of drug-likeness (QED) is 0.886. The van der Waals surface area contributed by atoms with Crippen molar-refractivity contribution in [1.82, 2.24) is 15.2 Å². The van der Waals surface area contributed by atoms with Crippen molar-refractivity contribution in [1.29, 1.82) is 0 Å². The lowest BCUT2D eigenvalue weighted by atomic mass is 9.81. The maximum Gasteiger partial charge on any atom is 0.128 e. The van der Waals surface area contributed by atoms with Crippen molar-refractivity contribution in [2.24, 2.45) is 5.92 Å². The van der Waals surface area contributed by atoms with Crippen LogP contribution in [0.15, 0.2) is 12.3 Å². The zero-order valence-corrected chi connectivity index (χ0v) is 12.8. The summed E-state index contributed by atoms with van der Waals surface area (Å²) in [4.78, 5) is 6.89. The molecule has 3 N–H and O–H groups in total. The van der Waals surface area contributed by atoms with Gasteiger partial charge in [0.25, 0.3) is 0 Å². The van der Waals surface area contributed by atoms with Gasteiger partial charge in [-0.15, -0.1) is 0 Å². The number of aryl methyl sites for hydroxylation is 1. The van der Waals surface area contributed by atoms with Gasteiger partial charge in [0.05, 0.1) is 0 Å². The first-order valence-corrected chi connectivity index (χ1v) is 7.72. The number of nitrogens with one attached hydrogen (secondary N) is 1. The number of fused-ring (bicyclic) bond motifs is 2. The van der Waals surface area contributed by atoms with Gasteiger partial charge >= 0.3 is 0 Å². The van der Waals surface area contributed by atoms with Gasteiger partial charge in [-0.2, -0.15) is 0 Å². The average molecular weight is 274 g/mol. The SMILES string of the molecule is CNC(c1c(C)ccnc1N)C1CC2CCC(C1)N2C. The van der Waals surface area contributed by atoms with Crippen LogP contribution < -0.4 is 11.1 Å². The number of aromatic nitrogens is 1. The second-order valence-electron chi connectivity index (χ2n) is 6.48. The van der Waals surface area contributed by atoms with Crippen LogP contribution in [0.4, 0.5) is 5.82 Å². The van der Waals surface area contributed by atoms with Gasteiger partial charge in [-0.1, -0.05) is 0 Å². The number of hydrogen-bond acceptors (Lipinski definition) is 4. The maximum absolute atomic E-state index is 6.16. The molecule has 2 aliphatic heterocycles. The first-order chi connectivity index (χ1) is 9.61. The fourth-order valence-corrected chi connectivity index (χ4v) is 4.34. The van der Waals surface area contributed by atoms with Gasteiger partial charge in [0.2, 0.25) is 0 Å². The Balaban J connectivity index is 1.88. The minimum Gasteiger partial charge on any atom is -0.383 e. The number of pyridine rings is 1. The molecule has 1 aromatic heterocycles. The molecule has 2 fully saturated rings. The van der Waals surface area contributed by atoms with Crippen molar-refractivity contribution >= 4 is 5.82 Å². The molecule has 0 radical (unpaired) electrons. The fraction of sp³-hybridized carbons (Fsp3) is 0.688. The van der Waals surface area contributed by atoms with Crippen molar-refractivity contribution in [3.8, 4) is 0 Å². The van der Waals surface area contributed by atoms with Crippen LogP contribution in [0.2, 0.25) is 0 Å². The zero-order valence-electron chi connectivity index (χ0n) is 12.8. The van der Waals surface area contributed by atoms with Crippen LogP contribution in [-0.2, 0) is 0 Å². The summed E-state index contributed by atoms with van der Waals surface area (Å²) in [6.45, 7) is 2.14. The highest BCUT2D eigenvalue weighted by atomic mass is 15.2. The van der Waals surface area contributed by atoms with Gasteiger partial charge in [0.1, 0.15) is 5.82 Å². The first kappa shape index (κ1) is 13.8. The first-order valence-electron chi connectivity index (χ1n) is 7.72. The van der Waals surface area contributed by atoms with Gasteiger partial charge in [0.15, 0.2) is 0 Å². The minimum absolute atomic E-state index is 0.334. The molecule has 0 aliphatic carbocycles. The monoisotopic (exact) mass is 274 g/mol. The van der Waals surface area contributed by atoms with E-state index in [-0.39, 0.29) is 0 Å². The maximum atomic E-state index is 6.16. The van der Waals surface area contributed by atoms with Crippen LogP contribution in [0.25, 0.3) is 0 Å². The van der Waals surface area contributed by atoms with E-state index in [0.29, 0.717) is 17.8 Å². The lowest BCUT2D eigenvalue weighted by Crippen LogP contribution is -2.43. The summed E-state index contributed by atoms with van der Waals surface area (Å²) in [6, 6.07) is 3.92. The third-order valence-corrected chi connectivity index (χ3v) is 5.47. The largest absolute Gasteiger partial charge is 0.383 e. The molecular weight excluding hydrogens is 248 g/mol. The van der Waals surface area contributed by atoms with Crippen LogP contribution in [-0.4, -0.2) is 36.1 Å². The topological polar surface area (TPSA) is 54.2 Å². The van der Waals surface area contributed by atoms with E-state index in [0.717, 1.165) is 12.1 Å². The molecule has 0 saturated carbocycles. The molecule has 3 rings (SSSR count). The Labute approximate surface area is 121 Å². The molecule has 20 heavy (non-hydrogen) atoms. The summed E-state index contributed by atoms with van der Waals surface area (Å²) in [5.74, 6) is 1.36. The molecule has 0 aromatic carbocycles. The summed E-state index contributed by atoms with van der Waals surface area (Å²) in [5.41, 5.74) is 8.62. The highest BCUT2D eigenvalue weighted by Gasteiger charge is 2.41. The van der Waals surface area contributed by atoms with Crippen molar-refractivity contribution in [3.05, 3.63) is 23.4 Å². The Morgan fingerprint density at radius 1 is 1.35 bits per heavy atom. The molecule has 0 spiro atoms. The van der Waals surface area contributed by atoms with E-state index in [1.165, 1.54) is 36.8 Å². The molecule has 110 valence electrons. The molecule has 3 atom stereocenters. The summed E-state index contributed by atoms with van der Waals surface area (Å²) >= 11 is 0. The fourth-order valence-electron chi connectivity index (χ4n) is 4.34. The molecule has 4 heteroatoms. The third-order valence-electron chi connectivity index (χ3n) is 5.47. The highest BCUT2D eigenvalue weighted by molar-refractivity contribution is 5.46. The molecule has 3 unspecified atom stereocenters. The molecule has 1 aromatic rings. The molecule has 2 bridgehead atoms. The van der Waals surface area contributed by atoms with Gasteiger partial charge in [-0.25, -0.2) is 4.98 Å². The predicted molar refractivity (Wildman–Crippen MR) is 82.5 cm³/mol. The lowest BCUT2D eigenvalue weighted by molar-refractivity contribution is 0.114. The molecule has 2 saturated heterocycles. The van der Waals surface area contributed by atoms with Crippen LogP contribution in [0.5, 0.6) is 0 Å². The van der Waals surface area contributed by atoms with Gasteiger partial charge < -0.3 is 16.0 Å². The van der Waals surface area contributed by atoms with E-state index < -0.39 is 0 Å². The minimum atomic E-state index is 0.334. The molecule has 2 aliphatic rings. The van der Waals surface area contributed by atoms with Crippen LogP contribution in [0.1, 0.15) is 42.9 Å². The van der Waals surface area contributed by atoms with E-state index in [4.69, 9.17) is 5.73 Å². The second kappa shape index (κ2) is 5.34. The number of hydrogen-bond donors (Lipinski definition) is 2. The molecule has 3 heterocycles. The number of nitrogens with two attached hydrogens (primary N) is 1. The lowest BCUT2D eigenvalue weighted by Gasteiger charge is -2.40. The van der Waals surface area contributed by atoms with Crippen LogP contribution in [0, 0.1) is 12.8 Å². The number of anilines is 1. The van der Waals surface area contributed by atoms with Gasteiger partial charge in [-0.05, 0) is 64.3 Å². The Morgan fingerprint density at radius 2 is 2.00 bits per heavy atom. The number of nitrogen functional groups attached to an aromatic ring is 1.